The number of nitrogens with one attached hydrogen (secondary N) is 2. The molecule has 2 aromatic rings. The lowest BCUT2D eigenvalue weighted by molar-refractivity contribution is 0.0673. The van der Waals surface area contributed by atoms with E-state index in [2.05, 4.69) is 16.3 Å². The van der Waals surface area contributed by atoms with Crippen LogP contribution in [0.3, 0.4) is 0 Å². The first kappa shape index (κ1) is 27.3. The number of amides is 1. The molecular formula is C26H34ClN3O4S. The number of hydrogen-bond acceptors (Lipinski definition) is 5. The number of piperidine rings is 1. The van der Waals surface area contributed by atoms with Crippen LogP contribution < -0.4 is 15.0 Å². The molecule has 3 rings (SSSR count). The van der Waals surface area contributed by atoms with Gasteiger partial charge in [0.25, 0.3) is 5.91 Å². The number of nitrogens with zero attached hydrogens (tertiary/aromatic N) is 1. The fourth-order valence-electron chi connectivity index (χ4n) is 4.05. The molecule has 2 atom stereocenters. The van der Waals surface area contributed by atoms with Gasteiger partial charge >= 0.3 is 0 Å². The zero-order valence-corrected chi connectivity index (χ0v) is 22.3. The van der Waals surface area contributed by atoms with Gasteiger partial charge in [-0.25, -0.2) is 0 Å². The van der Waals surface area contributed by atoms with Crippen molar-refractivity contribution in [1.82, 2.24) is 14.6 Å². The van der Waals surface area contributed by atoms with Gasteiger partial charge < -0.3 is 19.2 Å². The zero-order chi connectivity index (χ0) is 25.8. The SMILES string of the molecule is C=CCOc1cc(C)c(Cl)cc1[C@H](N[S+]([O-])C(C)(C)C)C1CCN(C(=O)c2ccc(=O)[nH]c2)CC1. The summed E-state index contributed by atoms with van der Waals surface area (Å²) in [5.41, 5.74) is 1.96. The molecule has 9 heteroatoms. The molecule has 0 spiro atoms. The molecular weight excluding hydrogens is 486 g/mol. The summed E-state index contributed by atoms with van der Waals surface area (Å²) in [7, 11) is 0. The summed E-state index contributed by atoms with van der Waals surface area (Å²) in [6.45, 7) is 12.9. The topological polar surface area (TPSA) is 97.5 Å². The number of ether oxygens (including phenoxy) is 1. The van der Waals surface area contributed by atoms with Gasteiger partial charge in [-0.05, 0) is 70.2 Å². The maximum absolute atomic E-state index is 13.2. The Balaban J connectivity index is 1.87. The third kappa shape index (κ3) is 6.91. The molecule has 1 unspecified atom stereocenters. The van der Waals surface area contributed by atoms with Crippen LogP contribution in [0.4, 0.5) is 0 Å². The van der Waals surface area contributed by atoms with Gasteiger partial charge in [0.2, 0.25) is 5.56 Å². The van der Waals surface area contributed by atoms with Gasteiger partial charge in [0.15, 0.2) is 0 Å². The predicted molar refractivity (Wildman–Crippen MR) is 141 cm³/mol. The molecule has 1 aromatic heterocycles. The number of rotatable bonds is 8. The maximum atomic E-state index is 13.2. The highest BCUT2D eigenvalue weighted by Crippen LogP contribution is 2.39. The summed E-state index contributed by atoms with van der Waals surface area (Å²) < 4.78 is 22.0. The second kappa shape index (κ2) is 11.6. The third-order valence-electron chi connectivity index (χ3n) is 6.10. The van der Waals surface area contributed by atoms with Crippen molar-refractivity contribution in [2.45, 2.75) is 51.3 Å². The van der Waals surface area contributed by atoms with Gasteiger partial charge in [0.1, 0.15) is 17.1 Å². The smallest absolute Gasteiger partial charge is 0.255 e. The van der Waals surface area contributed by atoms with E-state index in [-0.39, 0.29) is 23.4 Å². The summed E-state index contributed by atoms with van der Waals surface area (Å²) in [5, 5.41) is 0.616. The fourth-order valence-corrected chi connectivity index (χ4v) is 5.13. The third-order valence-corrected chi connectivity index (χ3v) is 8.09. The molecule has 0 radical (unpaired) electrons. The first-order valence-corrected chi connectivity index (χ1v) is 13.2. The van der Waals surface area contributed by atoms with Crippen LogP contribution in [0.25, 0.3) is 0 Å². The van der Waals surface area contributed by atoms with E-state index >= 15 is 0 Å². The van der Waals surface area contributed by atoms with E-state index in [1.165, 1.54) is 12.3 Å². The van der Waals surface area contributed by atoms with Crippen molar-refractivity contribution in [2.75, 3.05) is 19.7 Å². The number of likely N-dealkylation sites (tertiary alicyclic amines) is 1. The van der Waals surface area contributed by atoms with Crippen LogP contribution in [0.2, 0.25) is 5.02 Å². The van der Waals surface area contributed by atoms with Gasteiger partial charge in [-0.2, -0.15) is 0 Å². The lowest BCUT2D eigenvalue weighted by atomic mass is 9.85. The fraction of sp³-hybridized carbons (Fsp3) is 0.462. The van der Waals surface area contributed by atoms with Crippen LogP contribution in [0.15, 0.2) is 47.9 Å². The molecule has 7 nitrogen and oxygen atoms in total. The van der Waals surface area contributed by atoms with Crippen LogP contribution in [0, 0.1) is 12.8 Å². The molecule has 1 amide bonds. The van der Waals surface area contributed by atoms with E-state index in [0.717, 1.165) is 11.1 Å². The number of carbonyl (C=O) groups is 1. The Labute approximate surface area is 215 Å². The first-order chi connectivity index (χ1) is 16.5. The van der Waals surface area contributed by atoms with Crippen molar-refractivity contribution in [1.29, 1.82) is 0 Å². The van der Waals surface area contributed by atoms with Crippen molar-refractivity contribution < 1.29 is 14.1 Å². The van der Waals surface area contributed by atoms with Crippen molar-refractivity contribution in [3.63, 3.8) is 0 Å². The first-order valence-electron chi connectivity index (χ1n) is 11.7. The monoisotopic (exact) mass is 519 g/mol. The molecule has 190 valence electrons. The Morgan fingerprint density at radius 1 is 1.37 bits per heavy atom. The molecule has 0 aliphatic carbocycles. The average Bonchev–Trinajstić information content (AvgIpc) is 2.82. The Morgan fingerprint density at radius 3 is 2.63 bits per heavy atom. The number of halogens is 1. The van der Waals surface area contributed by atoms with Gasteiger partial charge in [0, 0.05) is 47.3 Å². The van der Waals surface area contributed by atoms with Gasteiger partial charge in [0.05, 0.1) is 11.6 Å². The van der Waals surface area contributed by atoms with Crippen molar-refractivity contribution in [3.8, 4) is 5.75 Å². The minimum atomic E-state index is -1.33. The van der Waals surface area contributed by atoms with Gasteiger partial charge in [-0.15, -0.1) is 4.72 Å². The van der Waals surface area contributed by atoms with E-state index < -0.39 is 16.1 Å². The number of H-pyrrole nitrogens is 1. The Bertz CT molecular complexity index is 1090. The average molecular weight is 520 g/mol. The van der Waals surface area contributed by atoms with Crippen molar-refractivity contribution >= 4 is 28.9 Å². The summed E-state index contributed by atoms with van der Waals surface area (Å²) in [6.07, 6.45) is 4.55. The van der Waals surface area contributed by atoms with Crippen molar-refractivity contribution in [3.05, 3.63) is 75.2 Å². The van der Waals surface area contributed by atoms with E-state index in [0.29, 0.717) is 48.9 Å². The molecule has 1 aliphatic rings. The highest BCUT2D eigenvalue weighted by atomic mass is 35.5. The summed E-state index contributed by atoms with van der Waals surface area (Å²) in [5.74, 6) is 0.670. The molecule has 2 N–H and O–H groups in total. The summed E-state index contributed by atoms with van der Waals surface area (Å²) >= 11 is 5.19. The number of aromatic amines is 1. The molecule has 0 saturated carbocycles. The molecule has 2 heterocycles. The predicted octanol–water partition coefficient (Wildman–Crippen LogP) is 4.55. The zero-order valence-electron chi connectivity index (χ0n) is 20.7. The van der Waals surface area contributed by atoms with E-state index in [1.807, 2.05) is 39.8 Å². The number of carbonyl (C=O) groups excluding carboxylic acids is 1. The number of aromatic nitrogens is 1. The Hall–Kier alpha value is -2.26. The number of hydrogen-bond donors (Lipinski definition) is 2. The lowest BCUT2D eigenvalue weighted by Gasteiger charge is -2.38. The highest BCUT2D eigenvalue weighted by Gasteiger charge is 2.37. The second-order valence-corrected chi connectivity index (χ2v) is 12.2. The molecule has 1 saturated heterocycles. The van der Waals surface area contributed by atoms with E-state index in [4.69, 9.17) is 16.3 Å². The van der Waals surface area contributed by atoms with Gasteiger partial charge in [-0.3, -0.25) is 9.59 Å². The highest BCUT2D eigenvalue weighted by molar-refractivity contribution is 7.90. The largest absolute Gasteiger partial charge is 0.598 e. The Kier molecular flexibility index (Phi) is 9.10. The minimum Gasteiger partial charge on any atom is -0.598 e. The van der Waals surface area contributed by atoms with Crippen LogP contribution in [-0.2, 0) is 11.4 Å². The quantitative estimate of drug-likeness (QED) is 0.394. The lowest BCUT2D eigenvalue weighted by Crippen LogP contribution is -2.46. The standard InChI is InChI=1S/C26H34ClN3O4S/c1-6-13-34-22-14-17(2)21(27)15-20(22)24(29-35(33)26(3,4)5)18-9-11-30(12-10-18)25(32)19-7-8-23(31)28-16-19/h6-8,14-16,18,24,29H,1,9-13H2,2-5H3,(H,28,31)/t24-,35?/m1/s1. The second-order valence-electron chi connectivity index (χ2n) is 9.79. The summed E-state index contributed by atoms with van der Waals surface area (Å²) in [6, 6.07) is 6.42. The van der Waals surface area contributed by atoms with Crippen LogP contribution in [0.5, 0.6) is 5.75 Å². The van der Waals surface area contributed by atoms with E-state index in [1.54, 1.807) is 17.0 Å². The molecule has 35 heavy (non-hydrogen) atoms. The minimum absolute atomic E-state index is 0.103. The van der Waals surface area contributed by atoms with Crippen LogP contribution in [0.1, 0.15) is 61.1 Å². The van der Waals surface area contributed by atoms with Crippen LogP contribution in [-0.4, -0.2) is 44.8 Å². The molecule has 1 aliphatic heterocycles. The molecule has 1 aromatic carbocycles. The molecule has 1 fully saturated rings. The van der Waals surface area contributed by atoms with Crippen LogP contribution >= 0.6 is 11.6 Å². The summed E-state index contributed by atoms with van der Waals surface area (Å²) in [4.78, 5) is 28.6. The molecule has 0 bridgehead atoms. The number of aryl methyl sites for hydroxylation is 1. The van der Waals surface area contributed by atoms with E-state index in [9.17, 15) is 14.1 Å². The Morgan fingerprint density at radius 2 is 2.06 bits per heavy atom. The van der Waals surface area contributed by atoms with Crippen molar-refractivity contribution in [2.24, 2.45) is 5.92 Å². The normalized spacial score (nSPS) is 16.6. The maximum Gasteiger partial charge on any atom is 0.255 e. The number of pyridine rings is 1. The van der Waals surface area contributed by atoms with Gasteiger partial charge in [-0.1, -0.05) is 24.3 Å². The number of benzene rings is 1.